The molecule has 1 aliphatic carbocycles. The van der Waals surface area contributed by atoms with Gasteiger partial charge < -0.3 is 9.64 Å². The summed E-state index contributed by atoms with van der Waals surface area (Å²) in [5, 5.41) is 0. The number of rotatable bonds is 3. The molecular weight excluding hydrogens is 272 g/mol. The third-order valence-corrected chi connectivity index (χ3v) is 4.80. The van der Waals surface area contributed by atoms with Crippen molar-refractivity contribution >= 4 is 5.69 Å². The van der Waals surface area contributed by atoms with Crippen molar-refractivity contribution in [2.24, 2.45) is 10.8 Å². The summed E-state index contributed by atoms with van der Waals surface area (Å²) < 4.78 is 32.8. The van der Waals surface area contributed by atoms with Crippen LogP contribution in [0.3, 0.4) is 0 Å². The van der Waals surface area contributed by atoms with E-state index in [0.29, 0.717) is 23.1 Å². The average Bonchev–Trinajstić information content (AvgIpc) is 2.78. The van der Waals surface area contributed by atoms with Gasteiger partial charge in [0.2, 0.25) is 5.82 Å². The molecule has 0 atom stereocenters. The van der Waals surface area contributed by atoms with E-state index in [0.717, 1.165) is 19.5 Å². The van der Waals surface area contributed by atoms with Crippen LogP contribution in [-0.4, -0.2) is 19.7 Å². The molecule has 21 heavy (non-hydrogen) atoms. The van der Waals surface area contributed by atoms with Gasteiger partial charge in [0.15, 0.2) is 11.6 Å². The number of hydrogen-bond donors (Lipinski definition) is 0. The molecule has 116 valence electrons. The standard InChI is InChI=1S/C17H23F2NO/c1-4-21-15-13(6-5-12(18)14(15)19)20-8-7-17(11-20)9-16(2,3)10-17/h5-6H,4,7-11H2,1-3H3. The number of benzene rings is 1. The third kappa shape index (κ3) is 2.49. The third-order valence-electron chi connectivity index (χ3n) is 4.80. The second-order valence-corrected chi connectivity index (χ2v) is 7.33. The molecule has 2 nitrogen and oxygen atoms in total. The smallest absolute Gasteiger partial charge is 0.202 e. The number of anilines is 1. The van der Waals surface area contributed by atoms with E-state index in [2.05, 4.69) is 18.7 Å². The Balaban J connectivity index is 1.84. The van der Waals surface area contributed by atoms with E-state index in [1.165, 1.54) is 18.9 Å². The van der Waals surface area contributed by atoms with Gasteiger partial charge in [0.05, 0.1) is 12.3 Å². The number of hydrogen-bond acceptors (Lipinski definition) is 2. The topological polar surface area (TPSA) is 12.5 Å². The largest absolute Gasteiger partial charge is 0.489 e. The summed E-state index contributed by atoms with van der Waals surface area (Å²) in [4.78, 5) is 2.16. The van der Waals surface area contributed by atoms with Crippen LogP contribution >= 0.6 is 0 Å². The fourth-order valence-corrected chi connectivity index (χ4v) is 4.46. The Morgan fingerprint density at radius 2 is 1.95 bits per heavy atom. The number of ether oxygens (including phenoxy) is 1. The molecule has 1 saturated carbocycles. The van der Waals surface area contributed by atoms with Gasteiger partial charge in [-0.2, -0.15) is 4.39 Å². The van der Waals surface area contributed by atoms with Crippen LogP contribution in [0.25, 0.3) is 0 Å². The zero-order chi connectivity index (χ0) is 15.3. The van der Waals surface area contributed by atoms with Gasteiger partial charge in [-0.25, -0.2) is 4.39 Å². The Labute approximate surface area is 125 Å². The molecule has 1 aromatic rings. The zero-order valence-electron chi connectivity index (χ0n) is 13.0. The highest BCUT2D eigenvalue weighted by molar-refractivity contribution is 5.60. The molecule has 1 saturated heterocycles. The molecule has 0 N–H and O–H groups in total. The SMILES string of the molecule is CCOc1c(N2CCC3(C2)CC(C)(C)C3)ccc(F)c1F. The maximum Gasteiger partial charge on any atom is 0.202 e. The van der Waals surface area contributed by atoms with Crippen LogP contribution in [0.1, 0.15) is 40.0 Å². The predicted molar refractivity (Wildman–Crippen MR) is 79.8 cm³/mol. The first kappa shape index (κ1) is 14.6. The molecule has 0 unspecified atom stereocenters. The van der Waals surface area contributed by atoms with Crippen molar-refractivity contribution in [3.63, 3.8) is 0 Å². The van der Waals surface area contributed by atoms with Crippen molar-refractivity contribution in [3.8, 4) is 5.75 Å². The van der Waals surface area contributed by atoms with E-state index < -0.39 is 11.6 Å². The molecule has 0 bridgehead atoms. The minimum absolute atomic E-state index is 0.0631. The highest BCUT2D eigenvalue weighted by Gasteiger charge is 2.52. The van der Waals surface area contributed by atoms with Gasteiger partial charge in [0, 0.05) is 13.1 Å². The summed E-state index contributed by atoms with van der Waals surface area (Å²) in [6.45, 7) is 8.52. The lowest BCUT2D eigenvalue weighted by molar-refractivity contribution is 0.00624. The van der Waals surface area contributed by atoms with Crippen molar-refractivity contribution in [1.82, 2.24) is 0 Å². The Morgan fingerprint density at radius 1 is 1.24 bits per heavy atom. The van der Waals surface area contributed by atoms with E-state index in [1.807, 2.05) is 0 Å². The van der Waals surface area contributed by atoms with Gasteiger partial charge in [0.25, 0.3) is 0 Å². The first-order valence-electron chi connectivity index (χ1n) is 7.72. The van der Waals surface area contributed by atoms with Gasteiger partial charge in [0.1, 0.15) is 0 Å². The second-order valence-electron chi connectivity index (χ2n) is 7.33. The Bertz CT molecular complexity index is 548. The van der Waals surface area contributed by atoms with Crippen LogP contribution in [-0.2, 0) is 0 Å². The fraction of sp³-hybridized carbons (Fsp3) is 0.647. The van der Waals surface area contributed by atoms with Crippen molar-refractivity contribution in [1.29, 1.82) is 0 Å². The van der Waals surface area contributed by atoms with Gasteiger partial charge in [-0.15, -0.1) is 0 Å². The van der Waals surface area contributed by atoms with Crippen LogP contribution in [0.4, 0.5) is 14.5 Å². The summed E-state index contributed by atoms with van der Waals surface area (Å²) in [7, 11) is 0. The van der Waals surface area contributed by atoms with Crippen LogP contribution < -0.4 is 9.64 Å². The monoisotopic (exact) mass is 295 g/mol. The average molecular weight is 295 g/mol. The molecule has 0 radical (unpaired) electrons. The normalized spacial score (nSPS) is 22.4. The van der Waals surface area contributed by atoms with Gasteiger partial charge in [-0.1, -0.05) is 13.8 Å². The van der Waals surface area contributed by atoms with E-state index >= 15 is 0 Å². The number of halogens is 2. The van der Waals surface area contributed by atoms with Gasteiger partial charge in [-0.05, 0) is 49.1 Å². The van der Waals surface area contributed by atoms with Crippen LogP contribution in [0.5, 0.6) is 5.75 Å². The van der Waals surface area contributed by atoms with Crippen molar-refractivity contribution < 1.29 is 13.5 Å². The molecular formula is C17H23F2NO. The van der Waals surface area contributed by atoms with E-state index in [9.17, 15) is 8.78 Å². The Kier molecular flexibility index (Phi) is 3.38. The first-order valence-corrected chi connectivity index (χ1v) is 7.72. The minimum Gasteiger partial charge on any atom is -0.489 e. The minimum atomic E-state index is -0.871. The molecule has 4 heteroatoms. The van der Waals surface area contributed by atoms with Gasteiger partial charge in [-0.3, -0.25) is 0 Å². The molecule has 0 amide bonds. The van der Waals surface area contributed by atoms with E-state index in [4.69, 9.17) is 4.74 Å². The quantitative estimate of drug-likeness (QED) is 0.820. The lowest BCUT2D eigenvalue weighted by Gasteiger charge is -2.51. The molecule has 1 heterocycles. The lowest BCUT2D eigenvalue weighted by Crippen LogP contribution is -2.44. The molecule has 0 aromatic heterocycles. The van der Waals surface area contributed by atoms with Gasteiger partial charge >= 0.3 is 0 Å². The molecule has 2 fully saturated rings. The maximum absolute atomic E-state index is 14.0. The summed E-state index contributed by atoms with van der Waals surface area (Å²) >= 11 is 0. The van der Waals surface area contributed by atoms with E-state index in [1.54, 1.807) is 13.0 Å². The first-order chi connectivity index (χ1) is 9.86. The Hall–Kier alpha value is -1.32. The van der Waals surface area contributed by atoms with Crippen molar-refractivity contribution in [2.75, 3.05) is 24.6 Å². The highest BCUT2D eigenvalue weighted by Crippen LogP contribution is 2.59. The highest BCUT2D eigenvalue weighted by atomic mass is 19.2. The predicted octanol–water partition coefficient (Wildman–Crippen LogP) is 4.38. The zero-order valence-corrected chi connectivity index (χ0v) is 13.0. The Morgan fingerprint density at radius 3 is 2.57 bits per heavy atom. The second kappa shape index (κ2) is 4.85. The molecule has 1 aliphatic heterocycles. The van der Waals surface area contributed by atoms with Crippen LogP contribution in [0.15, 0.2) is 12.1 Å². The summed E-state index contributed by atoms with van der Waals surface area (Å²) in [5.41, 5.74) is 1.47. The summed E-state index contributed by atoms with van der Waals surface area (Å²) in [6, 6.07) is 2.84. The molecule has 1 spiro atoms. The van der Waals surface area contributed by atoms with Crippen LogP contribution in [0.2, 0.25) is 0 Å². The fourth-order valence-electron chi connectivity index (χ4n) is 4.46. The molecule has 3 rings (SSSR count). The molecule has 1 aromatic carbocycles. The van der Waals surface area contributed by atoms with Crippen LogP contribution in [0, 0.1) is 22.5 Å². The maximum atomic E-state index is 14.0. The lowest BCUT2D eigenvalue weighted by atomic mass is 9.54. The summed E-state index contributed by atoms with van der Waals surface area (Å²) in [5.74, 6) is -1.65. The van der Waals surface area contributed by atoms with Crippen molar-refractivity contribution in [2.45, 2.75) is 40.0 Å². The number of nitrogens with zero attached hydrogens (tertiary/aromatic N) is 1. The van der Waals surface area contributed by atoms with Crippen molar-refractivity contribution in [3.05, 3.63) is 23.8 Å². The summed E-state index contributed by atoms with van der Waals surface area (Å²) in [6.07, 6.45) is 3.55. The van der Waals surface area contributed by atoms with E-state index in [-0.39, 0.29) is 5.75 Å². The molecule has 2 aliphatic rings.